The maximum atomic E-state index is 15.1. The smallest absolute Gasteiger partial charge is 0.348 e. The topological polar surface area (TPSA) is 50.4 Å². The molecule has 0 aliphatic carbocycles. The minimum absolute atomic E-state index is 0.0621. The Labute approximate surface area is 127 Å². The van der Waals surface area contributed by atoms with Crippen molar-refractivity contribution < 1.29 is 13.9 Å². The van der Waals surface area contributed by atoms with Crippen LogP contribution in [0.4, 0.5) is 4.39 Å². The predicted octanol–water partition coefficient (Wildman–Crippen LogP) is 4.31. The van der Waals surface area contributed by atoms with Crippen LogP contribution in [0.25, 0.3) is 21.7 Å². The molecule has 22 heavy (non-hydrogen) atoms. The van der Waals surface area contributed by atoms with Gasteiger partial charge in [0.2, 0.25) is 0 Å². The van der Waals surface area contributed by atoms with E-state index >= 15 is 4.39 Å². The zero-order valence-corrected chi connectivity index (χ0v) is 12.6. The number of fused-ring (bicyclic) bond motifs is 3. The largest absolute Gasteiger partial charge is 0.507 e. The zero-order chi connectivity index (χ0) is 15.9. The third kappa shape index (κ3) is 1.98. The van der Waals surface area contributed by atoms with Gasteiger partial charge in [-0.25, -0.2) is 9.18 Å². The summed E-state index contributed by atoms with van der Waals surface area (Å²) >= 11 is 0. The molecule has 0 spiro atoms. The summed E-state index contributed by atoms with van der Waals surface area (Å²) in [5.74, 6) is -0.572. The third-order valence-corrected chi connectivity index (χ3v) is 4.04. The summed E-state index contributed by atoms with van der Waals surface area (Å²) in [5, 5.41) is 11.1. The van der Waals surface area contributed by atoms with Crippen LogP contribution in [0.15, 0.2) is 33.5 Å². The molecule has 4 heteroatoms. The van der Waals surface area contributed by atoms with E-state index in [-0.39, 0.29) is 16.5 Å². The molecule has 0 radical (unpaired) electrons. The standard InChI is InChI=1S/C18H17FO3/c1-3-7-11-10(4-2)17(20)15-14(16(11)19)12-8-5-6-9-13(12)22-18(15)21/h5-6,8-9,20H,3-4,7H2,1-2H3. The van der Waals surface area contributed by atoms with Gasteiger partial charge < -0.3 is 9.52 Å². The van der Waals surface area contributed by atoms with E-state index in [4.69, 9.17) is 4.42 Å². The van der Waals surface area contributed by atoms with E-state index in [2.05, 4.69) is 0 Å². The fraction of sp³-hybridized carbons (Fsp3) is 0.278. The van der Waals surface area contributed by atoms with Crippen molar-refractivity contribution in [1.29, 1.82) is 0 Å². The van der Waals surface area contributed by atoms with Crippen molar-refractivity contribution in [3.63, 3.8) is 0 Å². The van der Waals surface area contributed by atoms with Crippen molar-refractivity contribution in [3.8, 4) is 5.75 Å². The van der Waals surface area contributed by atoms with Gasteiger partial charge in [-0.2, -0.15) is 0 Å². The van der Waals surface area contributed by atoms with Crippen LogP contribution in [0.2, 0.25) is 0 Å². The van der Waals surface area contributed by atoms with Crippen LogP contribution in [-0.4, -0.2) is 5.11 Å². The summed E-state index contributed by atoms with van der Waals surface area (Å²) in [5.41, 5.74) is 0.605. The first kappa shape index (κ1) is 14.6. The van der Waals surface area contributed by atoms with Crippen LogP contribution in [0.5, 0.6) is 5.75 Å². The molecule has 3 rings (SSSR count). The fourth-order valence-electron chi connectivity index (χ4n) is 3.06. The van der Waals surface area contributed by atoms with Gasteiger partial charge in [0, 0.05) is 16.3 Å². The van der Waals surface area contributed by atoms with Crippen LogP contribution >= 0.6 is 0 Å². The number of halogens is 1. The minimum Gasteiger partial charge on any atom is -0.507 e. The highest BCUT2D eigenvalue weighted by molar-refractivity contribution is 6.07. The SMILES string of the molecule is CCCc1c(CC)c(O)c2c(=O)oc3ccccc3c2c1F. The lowest BCUT2D eigenvalue weighted by Gasteiger charge is -2.15. The highest BCUT2D eigenvalue weighted by Crippen LogP contribution is 2.37. The van der Waals surface area contributed by atoms with Crippen LogP contribution in [0.3, 0.4) is 0 Å². The fourth-order valence-corrected chi connectivity index (χ4v) is 3.06. The Morgan fingerprint density at radius 1 is 1.14 bits per heavy atom. The highest BCUT2D eigenvalue weighted by Gasteiger charge is 2.22. The molecule has 1 aromatic heterocycles. The molecule has 0 atom stereocenters. The summed E-state index contributed by atoms with van der Waals surface area (Å²) in [6.45, 7) is 3.79. The molecule has 2 aromatic carbocycles. The molecule has 0 bridgehead atoms. The highest BCUT2D eigenvalue weighted by atomic mass is 19.1. The predicted molar refractivity (Wildman–Crippen MR) is 85.0 cm³/mol. The molecule has 0 saturated carbocycles. The molecular weight excluding hydrogens is 283 g/mol. The van der Waals surface area contributed by atoms with Crippen molar-refractivity contribution in [3.05, 3.63) is 51.6 Å². The number of rotatable bonds is 3. The Hall–Kier alpha value is -2.36. The van der Waals surface area contributed by atoms with E-state index in [9.17, 15) is 9.90 Å². The van der Waals surface area contributed by atoms with E-state index in [0.717, 1.165) is 6.42 Å². The van der Waals surface area contributed by atoms with E-state index in [0.29, 0.717) is 34.9 Å². The van der Waals surface area contributed by atoms with Gasteiger partial charge in [-0.1, -0.05) is 38.5 Å². The Morgan fingerprint density at radius 2 is 1.86 bits per heavy atom. The monoisotopic (exact) mass is 300 g/mol. The first-order valence-electron chi connectivity index (χ1n) is 7.47. The molecule has 3 nitrogen and oxygen atoms in total. The maximum absolute atomic E-state index is 15.1. The van der Waals surface area contributed by atoms with E-state index < -0.39 is 11.4 Å². The Bertz CT molecular complexity index is 925. The molecule has 0 aliphatic rings. The summed E-state index contributed by atoms with van der Waals surface area (Å²) in [6, 6.07) is 6.80. The van der Waals surface area contributed by atoms with Crippen LogP contribution in [-0.2, 0) is 12.8 Å². The van der Waals surface area contributed by atoms with Gasteiger partial charge in [0.15, 0.2) is 0 Å². The zero-order valence-electron chi connectivity index (χ0n) is 12.6. The second-order valence-corrected chi connectivity index (χ2v) is 5.36. The molecule has 0 fully saturated rings. The van der Waals surface area contributed by atoms with Crippen LogP contribution in [0, 0.1) is 5.82 Å². The third-order valence-electron chi connectivity index (χ3n) is 4.04. The van der Waals surface area contributed by atoms with Crippen molar-refractivity contribution in [2.24, 2.45) is 0 Å². The van der Waals surface area contributed by atoms with Crippen molar-refractivity contribution in [1.82, 2.24) is 0 Å². The Kier molecular flexibility index (Phi) is 3.61. The molecule has 0 aliphatic heterocycles. The van der Waals surface area contributed by atoms with Crippen molar-refractivity contribution in [2.75, 3.05) is 0 Å². The second-order valence-electron chi connectivity index (χ2n) is 5.36. The van der Waals surface area contributed by atoms with Gasteiger partial charge in [-0.3, -0.25) is 0 Å². The van der Waals surface area contributed by atoms with Crippen molar-refractivity contribution in [2.45, 2.75) is 33.1 Å². The molecule has 1 N–H and O–H groups in total. The number of hydrogen-bond donors (Lipinski definition) is 1. The second kappa shape index (κ2) is 5.44. The average molecular weight is 300 g/mol. The number of aromatic hydroxyl groups is 1. The minimum atomic E-state index is -0.706. The normalized spacial score (nSPS) is 11.4. The van der Waals surface area contributed by atoms with Gasteiger partial charge >= 0.3 is 5.63 Å². The quantitative estimate of drug-likeness (QED) is 0.579. The van der Waals surface area contributed by atoms with E-state index in [1.54, 1.807) is 24.3 Å². The van der Waals surface area contributed by atoms with Crippen LogP contribution < -0.4 is 5.63 Å². The number of benzene rings is 2. The van der Waals surface area contributed by atoms with Gasteiger partial charge in [0.05, 0.1) is 0 Å². The summed E-state index contributed by atoms with van der Waals surface area (Å²) < 4.78 is 20.3. The molecule has 3 aromatic rings. The summed E-state index contributed by atoms with van der Waals surface area (Å²) in [7, 11) is 0. The van der Waals surface area contributed by atoms with E-state index in [1.807, 2.05) is 13.8 Å². The number of para-hydroxylation sites is 1. The molecule has 0 amide bonds. The number of phenols is 1. The number of hydrogen-bond acceptors (Lipinski definition) is 3. The van der Waals surface area contributed by atoms with Gasteiger partial charge in [-0.05, 0) is 24.5 Å². The van der Waals surface area contributed by atoms with Gasteiger partial charge in [-0.15, -0.1) is 0 Å². The lowest BCUT2D eigenvalue weighted by Crippen LogP contribution is -2.07. The van der Waals surface area contributed by atoms with Gasteiger partial charge in [0.1, 0.15) is 22.5 Å². The molecule has 114 valence electrons. The Morgan fingerprint density at radius 3 is 2.55 bits per heavy atom. The Balaban J connectivity index is 2.62. The lowest BCUT2D eigenvalue weighted by atomic mass is 9.93. The maximum Gasteiger partial charge on any atom is 0.348 e. The molecule has 0 unspecified atom stereocenters. The lowest BCUT2D eigenvalue weighted by molar-refractivity contribution is 0.467. The average Bonchev–Trinajstić information content (AvgIpc) is 2.51. The summed E-state index contributed by atoms with van der Waals surface area (Å²) in [4.78, 5) is 12.2. The molecule has 1 heterocycles. The van der Waals surface area contributed by atoms with Crippen molar-refractivity contribution >= 4 is 21.7 Å². The van der Waals surface area contributed by atoms with Crippen LogP contribution in [0.1, 0.15) is 31.4 Å². The van der Waals surface area contributed by atoms with E-state index in [1.165, 1.54) is 0 Å². The first-order chi connectivity index (χ1) is 10.6. The number of phenolic OH excluding ortho intramolecular Hbond substituents is 1. The molecular formula is C18H17FO3. The summed E-state index contributed by atoms with van der Waals surface area (Å²) in [6.07, 6.45) is 1.74. The first-order valence-corrected chi connectivity index (χ1v) is 7.47. The molecule has 0 saturated heterocycles. The van der Waals surface area contributed by atoms with Gasteiger partial charge in [0.25, 0.3) is 0 Å².